The normalized spacial score (nSPS) is 14.4. The Labute approximate surface area is 223 Å². The molecule has 0 bridgehead atoms. The van der Waals surface area contributed by atoms with Gasteiger partial charge in [0.2, 0.25) is 5.91 Å². The van der Waals surface area contributed by atoms with Crippen LogP contribution in [0.2, 0.25) is 0 Å². The average Bonchev–Trinajstić information content (AvgIpc) is 3.32. The summed E-state index contributed by atoms with van der Waals surface area (Å²) in [5, 5.41) is 1.11. The van der Waals surface area contributed by atoms with E-state index in [9.17, 15) is 14.0 Å². The molecule has 1 aliphatic rings. The Morgan fingerprint density at radius 1 is 0.974 bits per heavy atom. The van der Waals surface area contributed by atoms with Crippen LogP contribution in [-0.4, -0.2) is 44.2 Å². The van der Waals surface area contributed by atoms with Gasteiger partial charge in [0.15, 0.2) is 5.16 Å². The molecule has 2 aromatic heterocycles. The first-order valence-corrected chi connectivity index (χ1v) is 13.8. The van der Waals surface area contributed by atoms with Gasteiger partial charge in [-0.25, -0.2) is 9.37 Å². The highest BCUT2D eigenvalue weighted by molar-refractivity contribution is 7.99. The smallest absolute Gasteiger partial charge is 0.283 e. The van der Waals surface area contributed by atoms with Crippen molar-refractivity contribution < 1.29 is 9.18 Å². The summed E-state index contributed by atoms with van der Waals surface area (Å²) in [4.78, 5) is 36.6. The van der Waals surface area contributed by atoms with Crippen molar-refractivity contribution in [1.29, 1.82) is 0 Å². The van der Waals surface area contributed by atoms with Crippen LogP contribution in [0.1, 0.15) is 18.4 Å². The number of rotatable bonds is 6. The molecule has 38 heavy (non-hydrogen) atoms. The van der Waals surface area contributed by atoms with Crippen molar-refractivity contribution in [2.45, 2.75) is 24.4 Å². The van der Waals surface area contributed by atoms with Crippen molar-refractivity contribution in [1.82, 2.24) is 19.4 Å². The molecule has 0 aliphatic carbocycles. The van der Waals surface area contributed by atoms with E-state index in [0.29, 0.717) is 35.2 Å². The highest BCUT2D eigenvalue weighted by Gasteiger charge is 2.25. The van der Waals surface area contributed by atoms with Crippen LogP contribution in [0.4, 0.5) is 4.39 Å². The molecule has 0 spiro atoms. The predicted octanol–water partition coefficient (Wildman–Crippen LogP) is 5.58. The van der Waals surface area contributed by atoms with E-state index in [-0.39, 0.29) is 17.3 Å². The Hall–Kier alpha value is -3.91. The van der Waals surface area contributed by atoms with E-state index < -0.39 is 11.4 Å². The number of aromatic nitrogens is 3. The van der Waals surface area contributed by atoms with Gasteiger partial charge < -0.3 is 9.88 Å². The van der Waals surface area contributed by atoms with Gasteiger partial charge in [0.25, 0.3) is 5.56 Å². The molecular formula is C30H27FN4O2S. The summed E-state index contributed by atoms with van der Waals surface area (Å²) in [6.07, 6.45) is 2.96. The molecule has 3 heterocycles. The summed E-state index contributed by atoms with van der Waals surface area (Å²) in [5.74, 6) is 0.159. The number of amides is 1. The minimum atomic E-state index is -0.527. The second-order valence-electron chi connectivity index (χ2n) is 9.68. The second-order valence-corrected chi connectivity index (χ2v) is 10.6. The zero-order chi connectivity index (χ0) is 26.1. The van der Waals surface area contributed by atoms with Gasteiger partial charge in [-0.2, -0.15) is 0 Å². The number of aromatic amines is 1. The SMILES string of the molecule is O=C(CSc1nc2c([nH]c3ccccc32)c(=O)n1-c1ccccc1F)N1CCC(Cc2ccccc2)CC1. The number of hydrogen-bond acceptors (Lipinski definition) is 4. The third-order valence-electron chi connectivity index (χ3n) is 7.25. The number of likely N-dealkylation sites (tertiary alicyclic amines) is 1. The Kier molecular flexibility index (Phi) is 6.72. The van der Waals surface area contributed by atoms with Crippen LogP contribution in [0.25, 0.3) is 27.6 Å². The minimum Gasteiger partial charge on any atom is -0.349 e. The minimum absolute atomic E-state index is 0.00140. The molecular weight excluding hydrogens is 499 g/mol. The highest BCUT2D eigenvalue weighted by atomic mass is 32.2. The van der Waals surface area contributed by atoms with Gasteiger partial charge in [0.1, 0.15) is 16.9 Å². The van der Waals surface area contributed by atoms with E-state index in [1.807, 2.05) is 35.2 Å². The standard InChI is InChI=1S/C30H27FN4O2S/c31-23-11-5-7-13-25(23)35-29(37)28-27(22-10-4-6-12-24(22)32-28)33-30(35)38-19-26(36)34-16-14-21(15-17-34)18-20-8-2-1-3-9-20/h1-13,21,32H,14-19H2. The third-order valence-corrected chi connectivity index (χ3v) is 8.17. The maximum atomic E-state index is 14.8. The van der Waals surface area contributed by atoms with Crippen LogP contribution in [0.15, 0.2) is 88.8 Å². The molecule has 5 aromatic rings. The lowest BCUT2D eigenvalue weighted by molar-refractivity contribution is -0.129. The maximum absolute atomic E-state index is 14.8. The van der Waals surface area contributed by atoms with E-state index in [0.717, 1.165) is 30.2 Å². The van der Waals surface area contributed by atoms with Crippen molar-refractivity contribution in [2.75, 3.05) is 18.8 Å². The number of carbonyl (C=O) groups is 1. The lowest BCUT2D eigenvalue weighted by atomic mass is 9.90. The zero-order valence-corrected chi connectivity index (χ0v) is 21.6. The van der Waals surface area contributed by atoms with Gasteiger partial charge >= 0.3 is 0 Å². The third kappa shape index (κ3) is 4.72. The van der Waals surface area contributed by atoms with Crippen molar-refractivity contribution in [3.8, 4) is 5.69 Å². The van der Waals surface area contributed by atoms with Crippen LogP contribution in [0.3, 0.4) is 0 Å². The quantitative estimate of drug-likeness (QED) is 0.232. The zero-order valence-electron chi connectivity index (χ0n) is 20.8. The lowest BCUT2D eigenvalue weighted by Gasteiger charge is -2.32. The number of benzene rings is 3. The number of nitrogens with zero attached hydrogens (tertiary/aromatic N) is 3. The van der Waals surface area contributed by atoms with Crippen molar-refractivity contribution in [2.24, 2.45) is 5.92 Å². The van der Waals surface area contributed by atoms with E-state index in [1.165, 1.54) is 28.0 Å². The van der Waals surface area contributed by atoms with E-state index >= 15 is 0 Å². The van der Waals surface area contributed by atoms with Gasteiger partial charge in [-0.3, -0.25) is 14.2 Å². The number of para-hydroxylation sites is 2. The van der Waals surface area contributed by atoms with Crippen LogP contribution in [0.5, 0.6) is 0 Å². The monoisotopic (exact) mass is 526 g/mol. The molecule has 6 rings (SSSR count). The van der Waals surface area contributed by atoms with Crippen LogP contribution < -0.4 is 5.56 Å². The molecule has 3 aromatic carbocycles. The Morgan fingerprint density at radius 2 is 1.68 bits per heavy atom. The number of nitrogens with one attached hydrogen (secondary N) is 1. The molecule has 1 N–H and O–H groups in total. The Morgan fingerprint density at radius 3 is 2.47 bits per heavy atom. The van der Waals surface area contributed by atoms with Crippen molar-refractivity contribution in [3.05, 3.63) is 101 Å². The molecule has 8 heteroatoms. The average molecular weight is 527 g/mol. The number of thioether (sulfide) groups is 1. The molecule has 0 unspecified atom stereocenters. The van der Waals surface area contributed by atoms with E-state index in [1.54, 1.807) is 18.2 Å². The van der Waals surface area contributed by atoms with Gasteiger partial charge in [-0.1, -0.05) is 72.4 Å². The van der Waals surface area contributed by atoms with Crippen molar-refractivity contribution >= 4 is 39.6 Å². The number of fused-ring (bicyclic) bond motifs is 3. The van der Waals surface area contributed by atoms with Crippen molar-refractivity contribution in [3.63, 3.8) is 0 Å². The molecule has 0 saturated carbocycles. The van der Waals surface area contributed by atoms with E-state index in [2.05, 4.69) is 29.2 Å². The molecule has 6 nitrogen and oxygen atoms in total. The molecule has 1 saturated heterocycles. The molecule has 1 fully saturated rings. The fourth-order valence-electron chi connectivity index (χ4n) is 5.24. The number of hydrogen-bond donors (Lipinski definition) is 1. The molecule has 1 aliphatic heterocycles. The topological polar surface area (TPSA) is 71.0 Å². The number of halogens is 1. The summed E-state index contributed by atoms with van der Waals surface area (Å²) in [6.45, 7) is 1.43. The first-order chi connectivity index (χ1) is 18.6. The van der Waals surface area contributed by atoms with Gasteiger partial charge in [0.05, 0.1) is 11.4 Å². The van der Waals surface area contributed by atoms with Gasteiger partial charge in [-0.05, 0) is 48.9 Å². The van der Waals surface area contributed by atoms with Crippen LogP contribution >= 0.6 is 11.8 Å². The number of carbonyl (C=O) groups excluding carboxylic acids is 1. The number of piperidine rings is 1. The lowest BCUT2D eigenvalue weighted by Crippen LogP contribution is -2.40. The first kappa shape index (κ1) is 24.4. The van der Waals surface area contributed by atoms with Crippen LogP contribution in [-0.2, 0) is 11.2 Å². The molecule has 1 amide bonds. The highest BCUT2D eigenvalue weighted by Crippen LogP contribution is 2.28. The summed E-state index contributed by atoms with van der Waals surface area (Å²) in [5.41, 5.74) is 2.66. The predicted molar refractivity (Wildman–Crippen MR) is 149 cm³/mol. The fraction of sp³-hybridized carbons (Fsp3) is 0.233. The van der Waals surface area contributed by atoms with Gasteiger partial charge in [-0.15, -0.1) is 0 Å². The van der Waals surface area contributed by atoms with Crippen LogP contribution in [0, 0.1) is 11.7 Å². The summed E-state index contributed by atoms with van der Waals surface area (Å²) in [6, 6.07) is 24.1. The number of H-pyrrole nitrogens is 1. The van der Waals surface area contributed by atoms with E-state index in [4.69, 9.17) is 4.98 Å². The van der Waals surface area contributed by atoms with Gasteiger partial charge in [0, 0.05) is 24.0 Å². The fourth-order valence-corrected chi connectivity index (χ4v) is 6.14. The summed E-state index contributed by atoms with van der Waals surface area (Å²) < 4.78 is 16.1. The largest absolute Gasteiger partial charge is 0.349 e. The second kappa shape index (κ2) is 10.5. The molecule has 0 atom stereocenters. The Balaban J connectivity index is 1.24. The summed E-state index contributed by atoms with van der Waals surface area (Å²) >= 11 is 1.18. The summed E-state index contributed by atoms with van der Waals surface area (Å²) in [7, 11) is 0. The Bertz CT molecular complexity index is 1670. The maximum Gasteiger partial charge on any atom is 0.283 e. The first-order valence-electron chi connectivity index (χ1n) is 12.8. The molecule has 192 valence electrons. The molecule has 0 radical (unpaired) electrons.